The number of Topliss-reactive ketones (excluding diaryl/α,β-unsaturated/α-hetero) is 1. The highest BCUT2D eigenvalue weighted by Gasteiger charge is 2.39. The molecule has 0 radical (unpaired) electrons. The molecule has 2 aromatic rings. The van der Waals surface area contributed by atoms with Crippen LogP contribution in [0.15, 0.2) is 60.4 Å². The number of halogens is 1. The van der Waals surface area contributed by atoms with E-state index in [2.05, 4.69) is 4.98 Å². The second kappa shape index (κ2) is 6.73. The van der Waals surface area contributed by atoms with E-state index in [1.165, 1.54) is 24.5 Å². The maximum atomic E-state index is 12.4. The first-order chi connectivity index (χ1) is 11.9. The summed E-state index contributed by atoms with van der Waals surface area (Å²) in [5.41, 5.74) is 6.59. The summed E-state index contributed by atoms with van der Waals surface area (Å²) in [5, 5.41) is 0.492. The number of nitrogens with two attached hydrogens (primary N) is 1. The van der Waals surface area contributed by atoms with E-state index in [1.54, 1.807) is 24.3 Å². The van der Waals surface area contributed by atoms with Crippen molar-refractivity contribution in [1.82, 2.24) is 4.98 Å². The summed E-state index contributed by atoms with van der Waals surface area (Å²) in [6.07, 6.45) is 1.85. The SMILES string of the molecule is NC1=C(OS(=O)(=O)Cc2ccncc2)C(=O)C(c2ccc(Cl)cc2)O1. The second-order valence-electron chi connectivity index (χ2n) is 5.25. The van der Waals surface area contributed by atoms with Crippen LogP contribution in [0.2, 0.25) is 5.02 Å². The maximum Gasteiger partial charge on any atom is 0.313 e. The first-order valence-electron chi connectivity index (χ1n) is 7.13. The Hall–Kier alpha value is -2.58. The Bertz CT molecular complexity index is 927. The van der Waals surface area contributed by atoms with Crippen LogP contribution in [0.1, 0.15) is 17.2 Å². The molecule has 1 aromatic heterocycles. The number of benzene rings is 1. The predicted octanol–water partition coefficient (Wildman–Crippen LogP) is 2.05. The third-order valence-corrected chi connectivity index (χ3v) is 4.77. The number of hydrogen-bond acceptors (Lipinski definition) is 7. The molecule has 130 valence electrons. The molecule has 9 heteroatoms. The molecule has 0 aliphatic carbocycles. The molecule has 1 aromatic carbocycles. The van der Waals surface area contributed by atoms with Crippen molar-refractivity contribution in [2.45, 2.75) is 11.9 Å². The zero-order chi connectivity index (χ0) is 18.0. The quantitative estimate of drug-likeness (QED) is 0.790. The van der Waals surface area contributed by atoms with Crippen molar-refractivity contribution >= 4 is 27.5 Å². The van der Waals surface area contributed by atoms with Crippen LogP contribution in [0.4, 0.5) is 0 Å². The number of ketones is 1. The molecule has 0 saturated heterocycles. The van der Waals surface area contributed by atoms with Crippen molar-refractivity contribution in [3.63, 3.8) is 0 Å². The molecule has 0 fully saturated rings. The summed E-state index contributed by atoms with van der Waals surface area (Å²) in [5.74, 6) is -1.99. The van der Waals surface area contributed by atoms with Crippen LogP contribution in [-0.2, 0) is 29.6 Å². The van der Waals surface area contributed by atoms with Gasteiger partial charge in [0, 0.05) is 23.0 Å². The Kier molecular flexibility index (Phi) is 4.65. The van der Waals surface area contributed by atoms with Gasteiger partial charge in [-0.1, -0.05) is 23.7 Å². The van der Waals surface area contributed by atoms with Gasteiger partial charge in [0.25, 0.3) is 0 Å². The second-order valence-corrected chi connectivity index (χ2v) is 7.26. The third kappa shape index (κ3) is 3.92. The maximum absolute atomic E-state index is 12.4. The van der Waals surface area contributed by atoms with Crippen molar-refractivity contribution in [3.8, 4) is 0 Å². The Balaban J connectivity index is 1.77. The van der Waals surface area contributed by atoms with Gasteiger partial charge in [-0.2, -0.15) is 8.42 Å². The largest absolute Gasteiger partial charge is 0.460 e. The monoisotopic (exact) mass is 380 g/mol. The fourth-order valence-electron chi connectivity index (χ4n) is 2.25. The number of rotatable bonds is 5. The van der Waals surface area contributed by atoms with Gasteiger partial charge in [-0.3, -0.25) is 9.78 Å². The Morgan fingerprint density at radius 2 is 1.80 bits per heavy atom. The average molecular weight is 381 g/mol. The molecule has 2 N–H and O–H groups in total. The number of hydrogen-bond donors (Lipinski definition) is 1. The first kappa shape index (κ1) is 17.2. The van der Waals surface area contributed by atoms with Gasteiger partial charge >= 0.3 is 10.1 Å². The fourth-order valence-corrected chi connectivity index (χ4v) is 3.46. The molecule has 1 aliphatic heterocycles. The van der Waals surface area contributed by atoms with E-state index in [0.717, 1.165) is 0 Å². The minimum absolute atomic E-state index is 0.372. The minimum Gasteiger partial charge on any atom is -0.460 e. The minimum atomic E-state index is -4.08. The van der Waals surface area contributed by atoms with E-state index in [1.807, 2.05) is 0 Å². The van der Waals surface area contributed by atoms with Crippen molar-refractivity contribution in [1.29, 1.82) is 0 Å². The van der Waals surface area contributed by atoms with Gasteiger partial charge < -0.3 is 14.7 Å². The molecular formula is C16H13ClN2O5S. The van der Waals surface area contributed by atoms with Crippen LogP contribution in [0, 0.1) is 0 Å². The van der Waals surface area contributed by atoms with E-state index in [9.17, 15) is 13.2 Å². The average Bonchev–Trinajstić information content (AvgIpc) is 2.84. The lowest BCUT2D eigenvalue weighted by molar-refractivity contribution is -0.123. The van der Waals surface area contributed by atoms with Crippen molar-refractivity contribution in [3.05, 3.63) is 76.6 Å². The lowest BCUT2D eigenvalue weighted by atomic mass is 10.1. The molecule has 0 spiro atoms. The van der Waals surface area contributed by atoms with Crippen LogP contribution >= 0.6 is 11.6 Å². The molecule has 7 nitrogen and oxygen atoms in total. The molecule has 1 atom stereocenters. The van der Waals surface area contributed by atoms with E-state index < -0.39 is 33.5 Å². The predicted molar refractivity (Wildman–Crippen MR) is 89.4 cm³/mol. The summed E-state index contributed by atoms with van der Waals surface area (Å²) in [6.45, 7) is 0. The van der Waals surface area contributed by atoms with Crippen LogP contribution < -0.4 is 5.73 Å². The summed E-state index contributed by atoms with van der Waals surface area (Å²) < 4.78 is 34.5. The number of nitrogens with zero attached hydrogens (tertiary/aromatic N) is 1. The lowest BCUT2D eigenvalue weighted by Crippen LogP contribution is -2.16. The number of carbonyl (C=O) groups excluding carboxylic acids is 1. The van der Waals surface area contributed by atoms with Gasteiger partial charge in [0.1, 0.15) is 5.75 Å². The topological polar surface area (TPSA) is 109 Å². The third-order valence-electron chi connectivity index (χ3n) is 3.41. The molecule has 1 unspecified atom stereocenters. The van der Waals surface area contributed by atoms with Crippen molar-refractivity contribution in [2.75, 3.05) is 0 Å². The van der Waals surface area contributed by atoms with E-state index >= 15 is 0 Å². The highest BCUT2D eigenvalue weighted by Crippen LogP contribution is 2.33. The number of aromatic nitrogens is 1. The summed E-state index contributed by atoms with van der Waals surface area (Å²) in [4.78, 5) is 16.2. The van der Waals surface area contributed by atoms with Crippen molar-refractivity contribution < 1.29 is 22.1 Å². The normalized spacial score (nSPS) is 17.5. The van der Waals surface area contributed by atoms with E-state index in [4.69, 9.17) is 26.3 Å². The zero-order valence-electron chi connectivity index (χ0n) is 12.8. The fraction of sp³-hybridized carbons (Fsp3) is 0.125. The summed E-state index contributed by atoms with van der Waals surface area (Å²) >= 11 is 5.81. The lowest BCUT2D eigenvalue weighted by Gasteiger charge is -2.09. The first-order valence-corrected chi connectivity index (χ1v) is 9.08. The van der Waals surface area contributed by atoms with Crippen LogP contribution in [0.3, 0.4) is 0 Å². The Labute approximate surface area is 149 Å². The van der Waals surface area contributed by atoms with E-state index in [0.29, 0.717) is 16.1 Å². The van der Waals surface area contributed by atoms with E-state index in [-0.39, 0.29) is 5.88 Å². The van der Waals surface area contributed by atoms with Crippen LogP contribution in [0.5, 0.6) is 0 Å². The highest BCUT2D eigenvalue weighted by molar-refractivity contribution is 7.86. The van der Waals surface area contributed by atoms with Crippen LogP contribution in [0.25, 0.3) is 0 Å². The standard InChI is InChI=1S/C16H13ClN2O5S/c17-12-3-1-11(2-4-12)14-13(20)15(16(18)23-14)24-25(21,22)9-10-5-7-19-8-6-10/h1-8,14H,9,18H2. The van der Waals surface area contributed by atoms with Gasteiger partial charge in [-0.25, -0.2) is 0 Å². The number of ether oxygens (including phenoxy) is 1. The van der Waals surface area contributed by atoms with Gasteiger partial charge in [0.05, 0.1) is 0 Å². The number of carbonyl (C=O) groups is 1. The highest BCUT2D eigenvalue weighted by atomic mass is 35.5. The summed E-state index contributed by atoms with van der Waals surface area (Å²) in [7, 11) is -4.08. The number of pyridine rings is 1. The molecule has 3 rings (SSSR count). The molecule has 2 heterocycles. The Morgan fingerprint density at radius 3 is 2.44 bits per heavy atom. The van der Waals surface area contributed by atoms with Gasteiger partial charge in [0.15, 0.2) is 6.10 Å². The zero-order valence-corrected chi connectivity index (χ0v) is 14.3. The molecule has 25 heavy (non-hydrogen) atoms. The summed E-state index contributed by atoms with van der Waals surface area (Å²) in [6, 6.07) is 9.41. The van der Waals surface area contributed by atoms with Crippen LogP contribution in [-0.4, -0.2) is 19.2 Å². The molecular weight excluding hydrogens is 368 g/mol. The molecule has 1 aliphatic rings. The smallest absolute Gasteiger partial charge is 0.313 e. The van der Waals surface area contributed by atoms with Crippen molar-refractivity contribution in [2.24, 2.45) is 5.73 Å². The van der Waals surface area contributed by atoms with Gasteiger partial charge in [0.2, 0.25) is 17.4 Å². The molecule has 0 saturated carbocycles. The molecule has 0 amide bonds. The Morgan fingerprint density at radius 1 is 1.16 bits per heavy atom. The van der Waals surface area contributed by atoms with Gasteiger partial charge in [-0.05, 0) is 29.8 Å². The van der Waals surface area contributed by atoms with Gasteiger partial charge in [-0.15, -0.1) is 0 Å². The molecule has 0 bridgehead atoms.